The van der Waals surface area contributed by atoms with Gasteiger partial charge in [-0.1, -0.05) is 77.3 Å². The van der Waals surface area contributed by atoms with Crippen LogP contribution in [0.15, 0.2) is 107 Å². The average Bonchev–Trinajstić information content (AvgIpc) is 3.01. The predicted octanol–water partition coefficient (Wildman–Crippen LogP) is 6.62. The molecular weight excluding hydrogens is 635 g/mol. The molecule has 4 aromatic rings. The predicted molar refractivity (Wildman–Crippen MR) is 170 cm³/mol. The third-order valence-corrected chi connectivity index (χ3v) is 12.9. The maximum absolute atomic E-state index is 15.5. The van der Waals surface area contributed by atoms with Crippen molar-refractivity contribution in [1.29, 1.82) is 0 Å². The number of Topliss-reactive ketones (excluding diaryl/α,β-unsaturated/α-hetero) is 1. The molecule has 2 aliphatic rings. The molecule has 0 amide bonds. The summed E-state index contributed by atoms with van der Waals surface area (Å²) in [4.78, 5) is 14.0. The molecule has 234 valence electrons. The SMILES string of the molecule is Cc1ccc([C@@H]2CC(=O)[C@@H]3CN(S(=O)(=O)c4ccc(C)cc4)[C@H](c4ccccc4F)C[C@@H]3N2S(=O)(=O)c2ccc(Cl)cc2)cc1. The van der Waals surface area contributed by atoms with Gasteiger partial charge in [0.25, 0.3) is 0 Å². The first kappa shape index (κ1) is 31.6. The van der Waals surface area contributed by atoms with E-state index in [9.17, 15) is 21.6 Å². The second-order valence-corrected chi connectivity index (χ2v) is 15.9. The van der Waals surface area contributed by atoms with Crippen LogP contribution in [0.1, 0.15) is 47.2 Å². The molecule has 0 aromatic heterocycles. The number of benzene rings is 4. The number of halogens is 2. The number of carbonyl (C=O) groups is 1. The van der Waals surface area contributed by atoms with Crippen LogP contribution in [0.3, 0.4) is 0 Å². The molecule has 2 aliphatic heterocycles. The number of carbonyl (C=O) groups excluding carboxylic acids is 1. The summed E-state index contributed by atoms with van der Waals surface area (Å²) in [6.45, 7) is 3.45. The molecule has 4 aromatic carbocycles. The lowest BCUT2D eigenvalue weighted by Gasteiger charge is -2.51. The van der Waals surface area contributed by atoms with Crippen molar-refractivity contribution in [1.82, 2.24) is 8.61 Å². The van der Waals surface area contributed by atoms with Gasteiger partial charge in [-0.15, -0.1) is 0 Å². The van der Waals surface area contributed by atoms with Gasteiger partial charge in [-0.05, 0) is 68.3 Å². The highest BCUT2D eigenvalue weighted by Gasteiger charge is 2.54. The van der Waals surface area contributed by atoms with Crippen LogP contribution in [-0.4, -0.2) is 43.8 Å². The number of sulfonamides is 2. The van der Waals surface area contributed by atoms with E-state index in [-0.39, 0.29) is 40.5 Å². The van der Waals surface area contributed by atoms with Crippen molar-refractivity contribution in [2.45, 2.75) is 54.6 Å². The van der Waals surface area contributed by atoms with E-state index >= 15 is 4.39 Å². The fourth-order valence-electron chi connectivity index (χ4n) is 6.48. The van der Waals surface area contributed by atoms with E-state index in [0.717, 1.165) is 11.1 Å². The summed E-state index contributed by atoms with van der Waals surface area (Å²) in [5.41, 5.74) is 2.59. The van der Waals surface area contributed by atoms with Gasteiger partial charge in [0.2, 0.25) is 20.0 Å². The van der Waals surface area contributed by atoms with Crippen molar-refractivity contribution >= 4 is 37.4 Å². The highest BCUT2D eigenvalue weighted by atomic mass is 35.5. The number of ketones is 1. The van der Waals surface area contributed by atoms with Crippen molar-refractivity contribution < 1.29 is 26.0 Å². The Morgan fingerprint density at radius 3 is 1.91 bits per heavy atom. The first-order chi connectivity index (χ1) is 21.4. The van der Waals surface area contributed by atoms with Gasteiger partial charge in [-0.3, -0.25) is 4.79 Å². The second kappa shape index (κ2) is 12.1. The number of hydrogen-bond acceptors (Lipinski definition) is 5. The summed E-state index contributed by atoms with van der Waals surface area (Å²) in [5.74, 6) is -1.84. The van der Waals surface area contributed by atoms with Crippen molar-refractivity contribution in [2.24, 2.45) is 5.92 Å². The molecule has 11 heteroatoms. The fourth-order valence-corrected chi connectivity index (χ4v) is 10.1. The molecule has 7 nitrogen and oxygen atoms in total. The topological polar surface area (TPSA) is 91.8 Å². The Kier molecular flexibility index (Phi) is 8.47. The monoisotopic (exact) mass is 666 g/mol. The van der Waals surface area contributed by atoms with Crippen LogP contribution in [-0.2, 0) is 24.8 Å². The van der Waals surface area contributed by atoms with Crippen molar-refractivity contribution in [2.75, 3.05) is 6.54 Å². The Bertz CT molecular complexity index is 1950. The minimum atomic E-state index is -4.24. The van der Waals surface area contributed by atoms with Crippen LogP contribution in [0.4, 0.5) is 4.39 Å². The number of rotatable bonds is 6. The zero-order valence-electron chi connectivity index (χ0n) is 24.7. The van der Waals surface area contributed by atoms with Crippen molar-refractivity contribution in [3.05, 3.63) is 130 Å². The largest absolute Gasteiger partial charge is 0.299 e. The lowest BCUT2D eigenvalue weighted by Crippen LogP contribution is -2.61. The Morgan fingerprint density at radius 1 is 0.733 bits per heavy atom. The van der Waals surface area contributed by atoms with E-state index in [2.05, 4.69) is 0 Å². The van der Waals surface area contributed by atoms with Crippen LogP contribution < -0.4 is 0 Å². The van der Waals surface area contributed by atoms with Crippen LogP contribution in [0.25, 0.3) is 0 Å². The van der Waals surface area contributed by atoms with Crippen molar-refractivity contribution in [3.8, 4) is 0 Å². The van der Waals surface area contributed by atoms with Gasteiger partial charge in [-0.25, -0.2) is 21.2 Å². The zero-order chi connectivity index (χ0) is 32.1. The molecule has 0 unspecified atom stereocenters. The maximum Gasteiger partial charge on any atom is 0.243 e. The Labute approximate surface area is 268 Å². The van der Waals surface area contributed by atoms with Gasteiger partial charge in [0.15, 0.2) is 0 Å². The summed E-state index contributed by atoms with van der Waals surface area (Å²) < 4.78 is 75.4. The van der Waals surface area contributed by atoms with Gasteiger partial charge in [-0.2, -0.15) is 8.61 Å². The third-order valence-electron chi connectivity index (χ3n) is 8.84. The van der Waals surface area contributed by atoms with Gasteiger partial charge < -0.3 is 0 Å². The Hall–Kier alpha value is -3.41. The molecule has 4 atom stereocenters. The molecule has 6 rings (SSSR count). The standard InChI is InChI=1S/C34H32ClFN2O5S2/c1-22-7-11-24(12-8-22)31-20-34(39)29-21-37(44(40,41)26-15-9-23(2)10-16-26)32(28-5-3-4-6-30(28)36)19-33(29)38(31)45(42,43)27-17-13-25(35)14-18-27/h3-18,29,31-33H,19-21H2,1-2H3/t29-,31+,32+,33+/m1/s1. The minimum absolute atomic E-state index is 0.00532. The highest BCUT2D eigenvalue weighted by molar-refractivity contribution is 7.89. The van der Waals surface area contributed by atoms with Gasteiger partial charge >= 0.3 is 0 Å². The molecule has 2 heterocycles. The average molecular weight is 667 g/mol. The van der Waals surface area contributed by atoms with Crippen LogP contribution in [0.5, 0.6) is 0 Å². The molecule has 0 N–H and O–H groups in total. The van der Waals surface area contributed by atoms with Crippen LogP contribution in [0, 0.1) is 25.6 Å². The fraction of sp³-hybridized carbons (Fsp3) is 0.265. The normalized spacial score (nSPS) is 23.1. The lowest BCUT2D eigenvalue weighted by molar-refractivity contribution is -0.132. The molecule has 0 aliphatic carbocycles. The van der Waals surface area contributed by atoms with Crippen molar-refractivity contribution in [3.63, 3.8) is 0 Å². The molecule has 0 bridgehead atoms. The minimum Gasteiger partial charge on any atom is -0.299 e. The molecule has 2 saturated heterocycles. The van der Waals surface area contributed by atoms with E-state index in [1.165, 1.54) is 63.2 Å². The lowest BCUT2D eigenvalue weighted by atomic mass is 9.77. The zero-order valence-corrected chi connectivity index (χ0v) is 27.1. The highest BCUT2D eigenvalue weighted by Crippen LogP contribution is 2.48. The number of hydrogen-bond donors (Lipinski definition) is 0. The molecular formula is C34H32ClFN2O5S2. The Balaban J connectivity index is 1.52. The second-order valence-electron chi connectivity index (χ2n) is 11.7. The van der Waals surface area contributed by atoms with E-state index in [1.807, 2.05) is 38.1 Å². The first-order valence-corrected chi connectivity index (χ1v) is 17.8. The summed E-state index contributed by atoms with van der Waals surface area (Å²) in [5, 5.41) is 0.366. The molecule has 2 fully saturated rings. The van der Waals surface area contributed by atoms with Gasteiger partial charge in [0.05, 0.1) is 21.9 Å². The molecule has 45 heavy (non-hydrogen) atoms. The third kappa shape index (κ3) is 5.86. The first-order valence-electron chi connectivity index (χ1n) is 14.6. The van der Waals surface area contributed by atoms with Crippen LogP contribution in [0.2, 0.25) is 5.02 Å². The number of piperidine rings is 2. The summed E-state index contributed by atoms with van der Waals surface area (Å²) in [7, 11) is -8.46. The van der Waals surface area contributed by atoms with Gasteiger partial charge in [0.1, 0.15) is 11.6 Å². The molecule has 0 spiro atoms. The number of fused-ring (bicyclic) bond motifs is 1. The molecule has 0 radical (unpaired) electrons. The summed E-state index contributed by atoms with van der Waals surface area (Å²) in [6, 6.07) is 22.5. The van der Waals surface area contributed by atoms with E-state index < -0.39 is 49.9 Å². The van der Waals surface area contributed by atoms with Gasteiger partial charge in [0, 0.05) is 35.5 Å². The summed E-state index contributed by atoms with van der Waals surface area (Å²) in [6.07, 6.45) is -0.266. The summed E-state index contributed by atoms with van der Waals surface area (Å²) >= 11 is 6.09. The smallest absolute Gasteiger partial charge is 0.243 e. The number of nitrogens with zero attached hydrogens (tertiary/aromatic N) is 2. The molecule has 0 saturated carbocycles. The van der Waals surface area contributed by atoms with Crippen LogP contribution >= 0.6 is 11.6 Å². The van der Waals surface area contributed by atoms with E-state index in [4.69, 9.17) is 11.6 Å². The van der Waals surface area contributed by atoms with E-state index in [1.54, 1.807) is 18.2 Å². The Morgan fingerprint density at radius 2 is 1.29 bits per heavy atom. The quantitative estimate of drug-likeness (QED) is 0.231. The number of aryl methyl sites for hydroxylation is 2. The van der Waals surface area contributed by atoms with E-state index in [0.29, 0.717) is 10.6 Å². The maximum atomic E-state index is 15.5.